The SMILES string of the molecule is C=C/C=C(\C=C)S(=O)(=O)CCC(CCCNC)Oc1ccc(C(F)(F)F)cc1. The maximum atomic E-state index is 12.7. The van der Waals surface area contributed by atoms with E-state index < -0.39 is 27.7 Å². The molecule has 0 amide bonds. The van der Waals surface area contributed by atoms with Crippen molar-refractivity contribution < 1.29 is 26.3 Å². The summed E-state index contributed by atoms with van der Waals surface area (Å²) < 4.78 is 68.6. The summed E-state index contributed by atoms with van der Waals surface area (Å²) in [7, 11) is -1.75. The molecular formula is C20H26F3NO3S. The third-order valence-electron chi connectivity index (χ3n) is 3.99. The number of nitrogens with one attached hydrogen (secondary N) is 1. The van der Waals surface area contributed by atoms with Crippen LogP contribution in [-0.2, 0) is 16.0 Å². The molecule has 156 valence electrons. The van der Waals surface area contributed by atoms with Gasteiger partial charge in [0.05, 0.1) is 22.3 Å². The van der Waals surface area contributed by atoms with Crippen molar-refractivity contribution in [1.82, 2.24) is 5.32 Å². The van der Waals surface area contributed by atoms with Crippen LogP contribution in [0.15, 0.2) is 60.6 Å². The normalized spacial score (nSPS) is 13.8. The average Bonchev–Trinajstić information content (AvgIpc) is 2.63. The predicted octanol–water partition coefficient (Wildman–Crippen LogP) is 4.51. The molecular weight excluding hydrogens is 391 g/mol. The van der Waals surface area contributed by atoms with Crippen molar-refractivity contribution in [2.45, 2.75) is 31.5 Å². The minimum Gasteiger partial charge on any atom is -0.490 e. The van der Waals surface area contributed by atoms with E-state index in [0.29, 0.717) is 13.0 Å². The third kappa shape index (κ3) is 7.90. The fourth-order valence-electron chi connectivity index (χ4n) is 2.50. The monoisotopic (exact) mass is 417 g/mol. The van der Waals surface area contributed by atoms with Gasteiger partial charge in [-0.1, -0.05) is 25.3 Å². The van der Waals surface area contributed by atoms with Crippen LogP contribution in [0.5, 0.6) is 5.75 Å². The van der Waals surface area contributed by atoms with Gasteiger partial charge < -0.3 is 10.1 Å². The number of hydrogen-bond donors (Lipinski definition) is 1. The van der Waals surface area contributed by atoms with Gasteiger partial charge in [-0.05, 0) is 63.2 Å². The summed E-state index contributed by atoms with van der Waals surface area (Å²) in [5.41, 5.74) is -0.764. The molecule has 0 bridgehead atoms. The minimum atomic E-state index is -4.42. The zero-order valence-electron chi connectivity index (χ0n) is 15.8. The van der Waals surface area contributed by atoms with Gasteiger partial charge in [0.15, 0.2) is 9.84 Å². The first-order valence-electron chi connectivity index (χ1n) is 8.80. The third-order valence-corrected chi connectivity index (χ3v) is 5.78. The Balaban J connectivity index is 2.87. The number of sulfone groups is 1. The first kappa shape index (κ1) is 24.0. The van der Waals surface area contributed by atoms with Crippen molar-refractivity contribution in [2.75, 3.05) is 19.3 Å². The highest BCUT2D eigenvalue weighted by atomic mass is 32.2. The maximum Gasteiger partial charge on any atom is 0.416 e. The second kappa shape index (κ2) is 11.1. The molecule has 0 aliphatic rings. The lowest BCUT2D eigenvalue weighted by Gasteiger charge is -2.20. The van der Waals surface area contributed by atoms with Crippen LogP contribution >= 0.6 is 0 Å². The lowest BCUT2D eigenvalue weighted by atomic mass is 10.1. The molecule has 1 unspecified atom stereocenters. The molecule has 0 heterocycles. The molecule has 0 aliphatic heterocycles. The number of rotatable bonds is 12. The lowest BCUT2D eigenvalue weighted by molar-refractivity contribution is -0.137. The summed E-state index contributed by atoms with van der Waals surface area (Å²) in [5.74, 6) is 0.106. The van der Waals surface area contributed by atoms with Gasteiger partial charge in [0.2, 0.25) is 0 Å². The molecule has 0 spiro atoms. The van der Waals surface area contributed by atoms with Crippen LogP contribution < -0.4 is 10.1 Å². The van der Waals surface area contributed by atoms with Crippen molar-refractivity contribution in [3.05, 3.63) is 66.1 Å². The molecule has 0 fully saturated rings. The molecule has 4 nitrogen and oxygen atoms in total. The standard InChI is InChI=1S/C20H26F3NO3S/c1-4-7-19(5-2)28(25,26)15-13-17(8-6-14-24-3)27-18-11-9-16(10-12-18)20(21,22)23/h4-5,7,9-12,17,24H,1-2,6,8,13-15H2,3H3/b19-7+. The Bertz CT molecular complexity index is 769. The number of ether oxygens (including phenoxy) is 1. The van der Waals surface area contributed by atoms with Crippen LogP contribution in [0.3, 0.4) is 0 Å². The summed E-state index contributed by atoms with van der Waals surface area (Å²) in [5, 5.41) is 3.00. The molecule has 1 aromatic rings. The van der Waals surface area contributed by atoms with E-state index >= 15 is 0 Å². The van der Waals surface area contributed by atoms with Crippen LogP contribution in [0, 0.1) is 0 Å². The molecule has 28 heavy (non-hydrogen) atoms. The van der Waals surface area contributed by atoms with Gasteiger partial charge in [-0.3, -0.25) is 0 Å². The Morgan fingerprint density at radius 3 is 2.36 bits per heavy atom. The Labute approximate surface area is 164 Å². The highest BCUT2D eigenvalue weighted by molar-refractivity contribution is 7.95. The molecule has 8 heteroatoms. The quantitative estimate of drug-likeness (QED) is 0.402. The van der Waals surface area contributed by atoms with Crippen LogP contribution in [0.1, 0.15) is 24.8 Å². The Kier molecular flexibility index (Phi) is 9.48. The van der Waals surface area contributed by atoms with E-state index in [-0.39, 0.29) is 22.8 Å². The fourth-order valence-corrected chi connectivity index (χ4v) is 3.87. The Morgan fingerprint density at radius 2 is 1.86 bits per heavy atom. The lowest BCUT2D eigenvalue weighted by Crippen LogP contribution is -2.23. The number of benzene rings is 1. The second-order valence-corrected chi connectivity index (χ2v) is 8.23. The molecule has 1 atom stereocenters. The van der Waals surface area contributed by atoms with Crippen LogP contribution in [0.25, 0.3) is 0 Å². The van der Waals surface area contributed by atoms with Crippen LogP contribution in [-0.4, -0.2) is 33.9 Å². The van der Waals surface area contributed by atoms with Gasteiger partial charge in [-0.2, -0.15) is 13.2 Å². The molecule has 0 radical (unpaired) electrons. The minimum absolute atomic E-state index is 0.0750. The van der Waals surface area contributed by atoms with Crippen molar-refractivity contribution in [3.8, 4) is 5.75 Å². The fraction of sp³-hybridized carbons (Fsp3) is 0.400. The smallest absolute Gasteiger partial charge is 0.416 e. The topological polar surface area (TPSA) is 55.4 Å². The van der Waals surface area contributed by atoms with Gasteiger partial charge in [-0.25, -0.2) is 8.42 Å². The van der Waals surface area contributed by atoms with E-state index in [1.807, 2.05) is 0 Å². The summed E-state index contributed by atoms with van der Waals surface area (Å²) in [6.07, 6.45) is 0.628. The van der Waals surface area contributed by atoms with Gasteiger partial charge in [0, 0.05) is 0 Å². The molecule has 1 rings (SSSR count). The number of halogens is 3. The second-order valence-electron chi connectivity index (χ2n) is 6.12. The van der Waals surface area contributed by atoms with E-state index in [2.05, 4.69) is 18.5 Å². The van der Waals surface area contributed by atoms with Gasteiger partial charge in [-0.15, -0.1) is 0 Å². The summed E-state index contributed by atoms with van der Waals surface area (Å²) in [4.78, 5) is 0.0750. The molecule has 0 saturated heterocycles. The van der Waals surface area contributed by atoms with Crippen molar-refractivity contribution in [3.63, 3.8) is 0 Å². The van der Waals surface area contributed by atoms with E-state index in [1.165, 1.54) is 30.4 Å². The summed E-state index contributed by atoms with van der Waals surface area (Å²) in [6, 6.07) is 4.38. The predicted molar refractivity (Wildman–Crippen MR) is 106 cm³/mol. The average molecular weight is 417 g/mol. The highest BCUT2D eigenvalue weighted by Gasteiger charge is 2.30. The summed E-state index contributed by atoms with van der Waals surface area (Å²) in [6.45, 7) is 7.71. The van der Waals surface area contributed by atoms with E-state index in [9.17, 15) is 21.6 Å². The molecule has 0 aromatic heterocycles. The molecule has 0 aliphatic carbocycles. The maximum absolute atomic E-state index is 12.7. The summed E-state index contributed by atoms with van der Waals surface area (Å²) >= 11 is 0. The molecule has 1 N–H and O–H groups in total. The van der Waals surface area contributed by atoms with Crippen molar-refractivity contribution in [2.24, 2.45) is 0 Å². The van der Waals surface area contributed by atoms with Gasteiger partial charge in [0.25, 0.3) is 0 Å². The zero-order chi connectivity index (χ0) is 21.2. The van der Waals surface area contributed by atoms with Gasteiger partial charge in [0.1, 0.15) is 5.75 Å². The number of hydrogen-bond acceptors (Lipinski definition) is 4. The van der Waals surface area contributed by atoms with Crippen molar-refractivity contribution >= 4 is 9.84 Å². The van der Waals surface area contributed by atoms with Gasteiger partial charge >= 0.3 is 6.18 Å². The molecule has 1 aromatic carbocycles. The van der Waals surface area contributed by atoms with E-state index in [4.69, 9.17) is 4.74 Å². The Morgan fingerprint density at radius 1 is 1.21 bits per heavy atom. The zero-order valence-corrected chi connectivity index (χ0v) is 16.7. The van der Waals surface area contributed by atoms with E-state index in [1.54, 1.807) is 7.05 Å². The first-order valence-corrected chi connectivity index (χ1v) is 10.5. The van der Waals surface area contributed by atoms with Crippen molar-refractivity contribution in [1.29, 1.82) is 0 Å². The number of alkyl halides is 3. The largest absolute Gasteiger partial charge is 0.490 e. The molecule has 0 saturated carbocycles. The number of allylic oxidation sites excluding steroid dienone is 3. The Hall–Kier alpha value is -2.06. The van der Waals surface area contributed by atoms with Crippen LogP contribution in [0.2, 0.25) is 0 Å². The first-order chi connectivity index (χ1) is 13.1. The highest BCUT2D eigenvalue weighted by Crippen LogP contribution is 2.30. The van der Waals surface area contributed by atoms with Crippen LogP contribution in [0.4, 0.5) is 13.2 Å². The van der Waals surface area contributed by atoms with E-state index in [0.717, 1.165) is 18.6 Å².